The fourth-order valence-electron chi connectivity index (χ4n) is 5.24. The Morgan fingerprint density at radius 3 is 2.32 bits per heavy atom. The third kappa shape index (κ3) is 5.86. The summed E-state index contributed by atoms with van der Waals surface area (Å²) in [6.07, 6.45) is 2.77. The van der Waals surface area contributed by atoms with E-state index in [0.29, 0.717) is 61.9 Å². The molecule has 0 radical (unpaired) electrons. The van der Waals surface area contributed by atoms with Crippen LogP contribution in [0.4, 0.5) is 22.0 Å². The third-order valence-electron chi connectivity index (χ3n) is 7.55. The van der Waals surface area contributed by atoms with Crippen LogP contribution in [0.5, 0.6) is 0 Å². The molecule has 11 heteroatoms. The summed E-state index contributed by atoms with van der Waals surface area (Å²) in [6.45, 7) is 5.29. The van der Waals surface area contributed by atoms with E-state index in [-0.39, 0.29) is 18.1 Å². The van der Waals surface area contributed by atoms with E-state index in [2.05, 4.69) is 22.5 Å². The van der Waals surface area contributed by atoms with E-state index >= 15 is 0 Å². The Kier molecular flexibility index (Phi) is 7.53. The second kappa shape index (κ2) is 11.6. The van der Waals surface area contributed by atoms with Gasteiger partial charge in [-0.05, 0) is 80.4 Å². The topological polar surface area (TPSA) is 124 Å². The number of nitrogens with one attached hydrogen (secondary N) is 2. The van der Waals surface area contributed by atoms with Gasteiger partial charge in [0.05, 0.1) is 25.4 Å². The standard InChI is InChI=1S/C30H33N7O4/c1-20-19-41-18-17-36(20)28-26-3-2-14-37(26)34-27(33-28)21-4-8-23(9-5-21)31-30(40)32-24-10-6-22(7-11-24)29(39)35-15-12-25(38)13-16-35/h2-11,14,20,25,38H,12-13,15-19H2,1H3,(H2,31,32,40)/t20-/m1/s1. The smallest absolute Gasteiger partial charge is 0.323 e. The minimum atomic E-state index is -0.393. The minimum absolute atomic E-state index is 0.0699. The molecular formula is C30H33N7O4. The van der Waals surface area contributed by atoms with Crippen LogP contribution in [0, 0.1) is 0 Å². The van der Waals surface area contributed by atoms with Crippen molar-refractivity contribution in [1.82, 2.24) is 19.5 Å². The molecule has 2 aromatic carbocycles. The molecule has 2 fully saturated rings. The summed E-state index contributed by atoms with van der Waals surface area (Å²) >= 11 is 0. The van der Waals surface area contributed by atoms with Gasteiger partial charge in [-0.25, -0.2) is 14.3 Å². The molecule has 2 aliphatic rings. The zero-order chi connectivity index (χ0) is 28.3. The molecule has 4 heterocycles. The molecule has 2 saturated heterocycles. The molecule has 2 aromatic heterocycles. The van der Waals surface area contributed by atoms with Gasteiger partial charge < -0.3 is 30.3 Å². The molecule has 0 saturated carbocycles. The normalized spacial score (nSPS) is 18.0. The summed E-state index contributed by atoms with van der Waals surface area (Å²) in [5, 5.41) is 20.0. The minimum Gasteiger partial charge on any atom is -0.393 e. The Balaban J connectivity index is 1.10. The van der Waals surface area contributed by atoms with Crippen molar-refractivity contribution in [1.29, 1.82) is 0 Å². The first-order chi connectivity index (χ1) is 19.9. The van der Waals surface area contributed by atoms with Crippen molar-refractivity contribution >= 4 is 34.6 Å². The molecule has 6 rings (SSSR count). The van der Waals surface area contributed by atoms with E-state index in [9.17, 15) is 14.7 Å². The van der Waals surface area contributed by atoms with Crippen LogP contribution in [-0.2, 0) is 4.74 Å². The summed E-state index contributed by atoms with van der Waals surface area (Å²) in [6, 6.07) is 18.0. The van der Waals surface area contributed by atoms with Gasteiger partial charge in [-0.1, -0.05) is 0 Å². The Bertz CT molecular complexity index is 1530. The molecule has 11 nitrogen and oxygen atoms in total. The van der Waals surface area contributed by atoms with Crippen molar-refractivity contribution < 1.29 is 19.4 Å². The van der Waals surface area contributed by atoms with Crippen molar-refractivity contribution in [2.75, 3.05) is 48.4 Å². The van der Waals surface area contributed by atoms with Gasteiger partial charge >= 0.3 is 6.03 Å². The van der Waals surface area contributed by atoms with Gasteiger partial charge in [-0.2, -0.15) is 0 Å². The first kappa shape index (κ1) is 26.7. The van der Waals surface area contributed by atoms with E-state index in [1.165, 1.54) is 0 Å². The van der Waals surface area contributed by atoms with E-state index < -0.39 is 6.03 Å². The average Bonchev–Trinajstić information content (AvgIpc) is 3.47. The lowest BCUT2D eigenvalue weighted by Crippen LogP contribution is -2.44. The van der Waals surface area contributed by atoms with Gasteiger partial charge in [-0.15, -0.1) is 5.10 Å². The average molecular weight is 556 g/mol. The number of carbonyl (C=O) groups is 2. The number of urea groups is 1. The number of hydrogen-bond acceptors (Lipinski definition) is 7. The molecule has 4 aromatic rings. The predicted octanol–water partition coefficient (Wildman–Crippen LogP) is 3.86. The number of rotatable bonds is 5. The fraction of sp³-hybridized carbons (Fsp3) is 0.333. The number of benzene rings is 2. The van der Waals surface area contributed by atoms with Crippen LogP contribution in [0.1, 0.15) is 30.1 Å². The molecule has 3 N–H and O–H groups in total. The maximum absolute atomic E-state index is 12.7. The SMILES string of the molecule is C[C@@H]1COCCN1c1nc(-c2ccc(NC(=O)Nc3ccc(C(=O)N4CCC(O)CC4)cc3)cc2)nn2cccc12. The maximum atomic E-state index is 12.7. The van der Waals surface area contributed by atoms with Gasteiger partial charge in [-0.3, -0.25) is 4.79 Å². The van der Waals surface area contributed by atoms with Crippen LogP contribution >= 0.6 is 0 Å². The highest BCUT2D eigenvalue weighted by Crippen LogP contribution is 2.27. The fourth-order valence-corrected chi connectivity index (χ4v) is 5.24. The summed E-state index contributed by atoms with van der Waals surface area (Å²) in [7, 11) is 0. The van der Waals surface area contributed by atoms with Gasteiger partial charge in [0.2, 0.25) is 0 Å². The highest BCUT2D eigenvalue weighted by Gasteiger charge is 2.24. The van der Waals surface area contributed by atoms with Crippen LogP contribution in [0.25, 0.3) is 16.9 Å². The largest absolute Gasteiger partial charge is 0.393 e. The van der Waals surface area contributed by atoms with Crippen molar-refractivity contribution in [2.45, 2.75) is 31.9 Å². The quantitative estimate of drug-likeness (QED) is 0.342. The number of piperidine rings is 1. The van der Waals surface area contributed by atoms with E-state index in [0.717, 1.165) is 23.4 Å². The van der Waals surface area contributed by atoms with Crippen molar-refractivity contribution in [2.24, 2.45) is 0 Å². The first-order valence-electron chi connectivity index (χ1n) is 13.9. The lowest BCUT2D eigenvalue weighted by molar-refractivity contribution is 0.0546. The summed E-state index contributed by atoms with van der Waals surface area (Å²) in [5.41, 5.74) is 3.52. The number of aliphatic hydroxyl groups excluding tert-OH is 1. The van der Waals surface area contributed by atoms with E-state index in [4.69, 9.17) is 14.8 Å². The molecule has 2 aliphatic heterocycles. The number of nitrogens with zero attached hydrogens (tertiary/aromatic N) is 5. The number of carbonyl (C=O) groups excluding carboxylic acids is 2. The van der Waals surface area contributed by atoms with E-state index in [1.807, 2.05) is 47.1 Å². The number of anilines is 3. The van der Waals surface area contributed by atoms with Crippen LogP contribution in [-0.4, -0.2) is 81.5 Å². The molecule has 0 bridgehead atoms. The summed E-state index contributed by atoms with van der Waals surface area (Å²) in [4.78, 5) is 34.3. The number of amides is 3. The first-order valence-corrected chi connectivity index (χ1v) is 13.9. The Hall–Kier alpha value is -4.48. The predicted molar refractivity (Wildman–Crippen MR) is 156 cm³/mol. The lowest BCUT2D eigenvalue weighted by Gasteiger charge is -2.34. The van der Waals surface area contributed by atoms with Crippen LogP contribution < -0.4 is 15.5 Å². The molecule has 0 aliphatic carbocycles. The zero-order valence-corrected chi connectivity index (χ0v) is 22.9. The van der Waals surface area contributed by atoms with Gasteiger partial charge in [0, 0.05) is 48.3 Å². The number of hydrogen-bond donors (Lipinski definition) is 3. The van der Waals surface area contributed by atoms with Gasteiger partial charge in [0.15, 0.2) is 11.6 Å². The lowest BCUT2D eigenvalue weighted by atomic mass is 10.1. The van der Waals surface area contributed by atoms with Crippen molar-refractivity contribution in [3.05, 3.63) is 72.4 Å². The van der Waals surface area contributed by atoms with Gasteiger partial charge in [0.25, 0.3) is 5.91 Å². The number of aromatic nitrogens is 3. The van der Waals surface area contributed by atoms with E-state index in [1.54, 1.807) is 29.2 Å². The van der Waals surface area contributed by atoms with Crippen molar-refractivity contribution in [3.63, 3.8) is 0 Å². The summed E-state index contributed by atoms with van der Waals surface area (Å²) in [5.74, 6) is 1.40. The second-order valence-electron chi connectivity index (χ2n) is 10.5. The molecule has 0 spiro atoms. The number of aliphatic hydroxyl groups is 1. The van der Waals surface area contributed by atoms with Crippen molar-refractivity contribution in [3.8, 4) is 11.4 Å². The molecule has 1 atom stereocenters. The molecular weight excluding hydrogens is 522 g/mol. The molecule has 212 valence electrons. The van der Waals surface area contributed by atoms with Gasteiger partial charge in [0.1, 0.15) is 5.52 Å². The number of fused-ring (bicyclic) bond motifs is 1. The summed E-state index contributed by atoms with van der Waals surface area (Å²) < 4.78 is 7.45. The molecule has 3 amide bonds. The maximum Gasteiger partial charge on any atom is 0.323 e. The monoisotopic (exact) mass is 555 g/mol. The van der Waals surface area contributed by atoms with Crippen LogP contribution in [0.2, 0.25) is 0 Å². The third-order valence-corrected chi connectivity index (χ3v) is 7.55. The molecule has 0 unspecified atom stereocenters. The number of ether oxygens (including phenoxy) is 1. The molecule has 41 heavy (non-hydrogen) atoms. The number of likely N-dealkylation sites (tertiary alicyclic amines) is 1. The zero-order valence-electron chi connectivity index (χ0n) is 22.9. The Labute approximate surface area is 237 Å². The highest BCUT2D eigenvalue weighted by atomic mass is 16.5. The Morgan fingerprint density at radius 1 is 0.951 bits per heavy atom. The van der Waals surface area contributed by atoms with Crippen LogP contribution in [0.15, 0.2) is 66.9 Å². The highest BCUT2D eigenvalue weighted by molar-refractivity contribution is 6.00. The number of morpholine rings is 1. The second-order valence-corrected chi connectivity index (χ2v) is 10.5. The van der Waals surface area contributed by atoms with Crippen LogP contribution in [0.3, 0.4) is 0 Å². The Morgan fingerprint density at radius 2 is 1.63 bits per heavy atom.